The number of ether oxygens (including phenoxy) is 6. The molecule has 6 nitrogen and oxygen atoms in total. The van der Waals surface area contributed by atoms with Crippen LogP contribution in [0.1, 0.15) is 57.8 Å². The van der Waals surface area contributed by atoms with Crippen LogP contribution in [0.4, 0.5) is 13.2 Å². The lowest BCUT2D eigenvalue weighted by Crippen LogP contribution is -2.35. The van der Waals surface area contributed by atoms with Crippen LogP contribution in [-0.2, 0) is 14.2 Å². The zero-order chi connectivity index (χ0) is 29.6. The summed E-state index contributed by atoms with van der Waals surface area (Å²) in [5.74, 6) is -1.51. The van der Waals surface area contributed by atoms with E-state index >= 15 is 13.2 Å². The van der Waals surface area contributed by atoms with Gasteiger partial charge in [-0.1, -0.05) is 18.2 Å². The van der Waals surface area contributed by atoms with Crippen LogP contribution in [0.15, 0.2) is 54.6 Å². The van der Waals surface area contributed by atoms with Crippen LogP contribution >= 0.6 is 7.92 Å². The monoisotopic (exact) mass is 616 g/mol. The van der Waals surface area contributed by atoms with Gasteiger partial charge >= 0.3 is 0 Å². The summed E-state index contributed by atoms with van der Waals surface area (Å²) < 4.78 is 84.6. The molecule has 0 bridgehead atoms. The van der Waals surface area contributed by atoms with Gasteiger partial charge in [-0.3, -0.25) is 0 Å². The van der Waals surface area contributed by atoms with Crippen molar-refractivity contribution < 1.29 is 41.6 Å². The summed E-state index contributed by atoms with van der Waals surface area (Å²) in [5, 5.41) is 0.0575. The lowest BCUT2D eigenvalue weighted by atomic mass is 10.2. The summed E-state index contributed by atoms with van der Waals surface area (Å²) in [4.78, 5) is 0. The quantitative estimate of drug-likeness (QED) is 0.254. The Labute approximate surface area is 251 Å². The highest BCUT2D eigenvalue weighted by molar-refractivity contribution is 7.80. The molecule has 0 N–H and O–H groups in total. The Balaban J connectivity index is 1.52. The Kier molecular flexibility index (Phi) is 10.0. The molecule has 3 aliphatic rings. The third kappa shape index (κ3) is 7.12. The minimum Gasteiger partial charge on any atom is -0.464 e. The minimum absolute atomic E-state index is 0.0192. The van der Waals surface area contributed by atoms with Crippen molar-refractivity contribution in [2.24, 2.45) is 0 Å². The van der Waals surface area contributed by atoms with Gasteiger partial charge in [-0.15, -0.1) is 0 Å². The van der Waals surface area contributed by atoms with Gasteiger partial charge in [0.1, 0.15) is 34.7 Å². The van der Waals surface area contributed by atoms with Crippen molar-refractivity contribution in [3.63, 3.8) is 0 Å². The van der Waals surface area contributed by atoms with Gasteiger partial charge in [0.25, 0.3) is 0 Å². The maximum atomic E-state index is 16.2. The molecule has 0 aromatic heterocycles. The van der Waals surface area contributed by atoms with Crippen molar-refractivity contribution in [2.45, 2.75) is 76.7 Å². The van der Waals surface area contributed by atoms with E-state index in [4.69, 9.17) is 28.4 Å². The Morgan fingerprint density at radius 3 is 1.09 bits per heavy atom. The van der Waals surface area contributed by atoms with E-state index in [1.165, 1.54) is 36.4 Å². The molecule has 3 saturated heterocycles. The maximum Gasteiger partial charge on any atom is 0.199 e. The summed E-state index contributed by atoms with van der Waals surface area (Å²) in [6.07, 6.45) is 5.43. The van der Waals surface area contributed by atoms with E-state index in [9.17, 15) is 0 Å². The number of benzene rings is 3. The van der Waals surface area contributed by atoms with E-state index in [1.54, 1.807) is 18.2 Å². The molecule has 3 aromatic rings. The van der Waals surface area contributed by atoms with Crippen molar-refractivity contribution in [1.29, 1.82) is 0 Å². The van der Waals surface area contributed by atoms with Crippen LogP contribution in [0, 0.1) is 17.5 Å². The van der Waals surface area contributed by atoms with Gasteiger partial charge in [0.2, 0.25) is 0 Å². The van der Waals surface area contributed by atoms with E-state index in [1.807, 2.05) is 0 Å². The van der Waals surface area contributed by atoms with Gasteiger partial charge in [-0.05, 0) is 74.9 Å². The van der Waals surface area contributed by atoms with E-state index < -0.39 is 44.2 Å². The van der Waals surface area contributed by atoms with Gasteiger partial charge in [0.05, 0.1) is 35.7 Å². The first kappa shape index (κ1) is 30.2. The Morgan fingerprint density at radius 2 is 0.814 bits per heavy atom. The number of hydrogen-bond donors (Lipinski definition) is 0. The van der Waals surface area contributed by atoms with Gasteiger partial charge in [-0.2, -0.15) is 0 Å². The van der Waals surface area contributed by atoms with Crippen molar-refractivity contribution in [2.75, 3.05) is 19.8 Å². The summed E-state index contributed by atoms with van der Waals surface area (Å²) in [6, 6.07) is 13.2. The average Bonchev–Trinajstić information content (AvgIpc) is 3.02. The summed E-state index contributed by atoms with van der Waals surface area (Å²) in [5.41, 5.74) is 0. The topological polar surface area (TPSA) is 55.4 Å². The van der Waals surface area contributed by atoms with E-state index in [-0.39, 0.29) is 33.2 Å². The zero-order valence-electron chi connectivity index (χ0n) is 23.9. The summed E-state index contributed by atoms with van der Waals surface area (Å²) in [6.45, 7) is 1.55. The Morgan fingerprint density at radius 1 is 0.488 bits per heavy atom. The van der Waals surface area contributed by atoms with Crippen LogP contribution in [0.2, 0.25) is 0 Å². The van der Waals surface area contributed by atoms with Gasteiger partial charge in [0, 0.05) is 27.2 Å². The average molecular weight is 617 g/mol. The molecule has 0 amide bonds. The fourth-order valence-corrected chi connectivity index (χ4v) is 8.17. The maximum absolute atomic E-state index is 16.2. The van der Waals surface area contributed by atoms with Crippen LogP contribution in [-0.4, -0.2) is 38.7 Å². The van der Waals surface area contributed by atoms with E-state index in [0.717, 1.165) is 38.5 Å². The van der Waals surface area contributed by atoms with Gasteiger partial charge in [-0.25, -0.2) is 13.2 Å². The predicted molar refractivity (Wildman–Crippen MR) is 158 cm³/mol. The smallest absolute Gasteiger partial charge is 0.199 e. The van der Waals surface area contributed by atoms with Crippen LogP contribution in [0.5, 0.6) is 17.2 Å². The fraction of sp³-hybridized carbons (Fsp3) is 0.455. The number of halogens is 3. The third-order valence-electron chi connectivity index (χ3n) is 7.71. The molecule has 0 aliphatic carbocycles. The van der Waals surface area contributed by atoms with Gasteiger partial charge < -0.3 is 28.4 Å². The molecule has 230 valence electrons. The first-order valence-electron chi connectivity index (χ1n) is 15.1. The second-order valence-electron chi connectivity index (χ2n) is 10.8. The van der Waals surface area contributed by atoms with E-state index in [0.29, 0.717) is 39.1 Å². The molecule has 0 spiro atoms. The molecule has 10 heteroatoms. The fourth-order valence-electron chi connectivity index (χ4n) is 5.60. The van der Waals surface area contributed by atoms with Crippen molar-refractivity contribution >= 4 is 23.8 Å². The lowest BCUT2D eigenvalue weighted by molar-refractivity contribution is -0.105. The number of rotatable bonds is 9. The molecule has 3 atom stereocenters. The van der Waals surface area contributed by atoms with Crippen LogP contribution in [0.25, 0.3) is 0 Å². The molecule has 6 rings (SSSR count). The highest BCUT2D eigenvalue weighted by Crippen LogP contribution is 2.45. The third-order valence-corrected chi connectivity index (χ3v) is 10.4. The summed E-state index contributed by atoms with van der Waals surface area (Å²) in [7, 11) is -2.32. The Hall–Kier alpha value is -2.84. The second kappa shape index (κ2) is 14.3. The van der Waals surface area contributed by atoms with E-state index in [2.05, 4.69) is 0 Å². The molecule has 0 radical (unpaired) electrons. The standard InChI is InChI=1S/C33H36F3O6P/c34-22-10-7-13-25(40-28-16-1-4-19-37-28)31(22)43(32-23(35)11-8-14-26(32)41-29-17-2-5-20-38-29)33-24(36)12-9-15-27(33)42-30-18-3-6-21-39-30/h7-15,28-30H,1-6,16-21H2. The second-order valence-corrected chi connectivity index (χ2v) is 12.8. The molecule has 3 aliphatic heterocycles. The lowest BCUT2D eigenvalue weighted by Gasteiger charge is -2.31. The molecule has 43 heavy (non-hydrogen) atoms. The molecule has 0 saturated carbocycles. The van der Waals surface area contributed by atoms with Crippen molar-refractivity contribution in [3.05, 3.63) is 72.0 Å². The highest BCUT2D eigenvalue weighted by Gasteiger charge is 2.36. The summed E-state index contributed by atoms with van der Waals surface area (Å²) >= 11 is 0. The van der Waals surface area contributed by atoms with Crippen molar-refractivity contribution in [3.8, 4) is 17.2 Å². The molecule has 3 fully saturated rings. The molecular weight excluding hydrogens is 580 g/mol. The van der Waals surface area contributed by atoms with Crippen molar-refractivity contribution in [1.82, 2.24) is 0 Å². The number of hydrogen-bond acceptors (Lipinski definition) is 6. The molecular formula is C33H36F3O6P. The molecule has 3 unspecified atom stereocenters. The normalized spacial score (nSPS) is 23.4. The first-order chi connectivity index (χ1) is 21.1. The predicted octanol–water partition coefficient (Wildman–Crippen LogP) is 6.58. The van der Waals surface area contributed by atoms with Crippen LogP contribution in [0.3, 0.4) is 0 Å². The highest BCUT2D eigenvalue weighted by atomic mass is 31.1. The molecule has 3 heterocycles. The first-order valence-corrected chi connectivity index (χ1v) is 16.4. The largest absolute Gasteiger partial charge is 0.464 e. The van der Waals surface area contributed by atoms with Gasteiger partial charge in [0.15, 0.2) is 18.9 Å². The SMILES string of the molecule is Fc1cccc(OC2CCCCO2)c1P(c1c(F)cccc1OC1CCCCO1)c1c(F)cccc1OC1CCCCO1. The van der Waals surface area contributed by atoms with Crippen LogP contribution < -0.4 is 30.1 Å². The zero-order valence-corrected chi connectivity index (χ0v) is 24.8. The molecule has 3 aromatic carbocycles. The minimum atomic E-state index is -2.32. The Bertz CT molecular complexity index is 1210.